The molecule has 0 heterocycles. The number of rotatable bonds is 3. The molecule has 8 aliphatic rings. The van der Waals surface area contributed by atoms with Gasteiger partial charge in [0.1, 0.15) is 0 Å². The molecule has 0 radical (unpaired) electrons. The molecule has 0 aromatic heterocycles. The molecule has 0 nitrogen and oxygen atoms in total. The van der Waals surface area contributed by atoms with E-state index in [2.05, 4.69) is 80.4 Å². The van der Waals surface area contributed by atoms with Crippen LogP contribution in [0.2, 0.25) is 0 Å². The highest BCUT2D eigenvalue weighted by molar-refractivity contribution is 9.10. The second kappa shape index (κ2) is 7.25. The standard InChI is InChI=1S/C32H36Br2/c33-28-7-3-1-5-26(28)32(27-6-2-4-8-29(27)34)25-13-23-12-24(14-25)19-31(32,18-23)30-15-20-9-21(16-30)11-22(10-20)17-30/h1-8,20-25H,9-19H2. The van der Waals surface area contributed by atoms with Crippen molar-refractivity contribution < 1.29 is 0 Å². The number of halogens is 2. The van der Waals surface area contributed by atoms with Gasteiger partial charge in [-0.2, -0.15) is 0 Å². The number of hydrogen-bond acceptors (Lipinski definition) is 0. The van der Waals surface area contributed by atoms with Crippen molar-refractivity contribution in [2.24, 2.45) is 46.3 Å². The molecule has 8 aliphatic carbocycles. The summed E-state index contributed by atoms with van der Waals surface area (Å²) in [6.07, 6.45) is 16.6. The predicted molar refractivity (Wildman–Crippen MR) is 146 cm³/mol. The summed E-state index contributed by atoms with van der Waals surface area (Å²) in [5, 5.41) is 0. The largest absolute Gasteiger partial charge is 0.0619 e. The molecule has 0 spiro atoms. The van der Waals surface area contributed by atoms with Crippen molar-refractivity contribution in [3.8, 4) is 0 Å². The number of hydrogen-bond donors (Lipinski definition) is 0. The molecule has 10 rings (SSSR count). The maximum absolute atomic E-state index is 4.14. The Hall–Kier alpha value is -0.600. The van der Waals surface area contributed by atoms with Crippen molar-refractivity contribution in [2.75, 3.05) is 0 Å². The lowest BCUT2D eigenvalue weighted by molar-refractivity contribution is -0.234. The van der Waals surface area contributed by atoms with Gasteiger partial charge in [0, 0.05) is 14.4 Å². The molecule has 178 valence electrons. The summed E-state index contributed by atoms with van der Waals surface area (Å²) in [6.45, 7) is 0. The molecule has 2 heteroatoms. The maximum atomic E-state index is 4.14. The van der Waals surface area contributed by atoms with Gasteiger partial charge in [-0.05, 0) is 140 Å². The van der Waals surface area contributed by atoms with E-state index in [0.29, 0.717) is 10.8 Å². The topological polar surface area (TPSA) is 0 Å². The third-order valence-electron chi connectivity index (χ3n) is 12.2. The molecular weight excluding hydrogens is 544 g/mol. The molecule has 2 aromatic carbocycles. The van der Waals surface area contributed by atoms with Crippen LogP contribution in [-0.4, -0.2) is 0 Å². The highest BCUT2D eigenvalue weighted by atomic mass is 79.9. The van der Waals surface area contributed by atoms with Crippen molar-refractivity contribution in [2.45, 2.75) is 76.0 Å². The van der Waals surface area contributed by atoms with Crippen molar-refractivity contribution in [3.63, 3.8) is 0 Å². The fourth-order valence-electron chi connectivity index (χ4n) is 12.2. The fraction of sp³-hybridized carbons (Fsp3) is 0.625. The molecule has 0 aliphatic heterocycles. The Morgan fingerprint density at radius 1 is 0.529 bits per heavy atom. The molecule has 2 aromatic rings. The van der Waals surface area contributed by atoms with E-state index in [1.807, 2.05) is 0 Å². The van der Waals surface area contributed by atoms with Crippen molar-refractivity contribution in [1.82, 2.24) is 0 Å². The zero-order valence-electron chi connectivity index (χ0n) is 20.1. The lowest BCUT2D eigenvalue weighted by atomic mass is 9.27. The van der Waals surface area contributed by atoms with Crippen LogP contribution in [0.4, 0.5) is 0 Å². The van der Waals surface area contributed by atoms with Crippen molar-refractivity contribution in [3.05, 3.63) is 68.6 Å². The van der Waals surface area contributed by atoms with E-state index in [-0.39, 0.29) is 5.41 Å². The van der Waals surface area contributed by atoms with Gasteiger partial charge in [0.25, 0.3) is 0 Å². The summed E-state index contributed by atoms with van der Waals surface area (Å²) >= 11 is 8.28. The second-order valence-electron chi connectivity index (χ2n) is 13.6. The minimum Gasteiger partial charge on any atom is -0.0619 e. The Balaban J connectivity index is 1.46. The molecule has 2 unspecified atom stereocenters. The monoisotopic (exact) mass is 578 g/mol. The van der Waals surface area contributed by atoms with Gasteiger partial charge < -0.3 is 0 Å². The van der Waals surface area contributed by atoms with E-state index < -0.39 is 0 Å². The van der Waals surface area contributed by atoms with Gasteiger partial charge in [0.05, 0.1) is 0 Å². The van der Waals surface area contributed by atoms with E-state index in [1.165, 1.54) is 60.3 Å². The van der Waals surface area contributed by atoms with Gasteiger partial charge in [-0.15, -0.1) is 0 Å². The van der Waals surface area contributed by atoms with Crippen LogP contribution in [0.15, 0.2) is 57.5 Å². The second-order valence-corrected chi connectivity index (χ2v) is 15.3. The summed E-state index contributed by atoms with van der Waals surface area (Å²) in [7, 11) is 0. The smallest absolute Gasteiger partial charge is 0.0315 e. The lowest BCUT2D eigenvalue weighted by Gasteiger charge is -2.77. The Morgan fingerprint density at radius 2 is 0.941 bits per heavy atom. The van der Waals surface area contributed by atoms with Crippen LogP contribution in [0.5, 0.6) is 0 Å². The fourth-order valence-corrected chi connectivity index (χ4v) is 13.4. The third kappa shape index (κ3) is 2.56. The summed E-state index contributed by atoms with van der Waals surface area (Å²) in [5.41, 5.74) is 4.29. The molecule has 0 N–H and O–H groups in total. The van der Waals surface area contributed by atoms with E-state index >= 15 is 0 Å². The summed E-state index contributed by atoms with van der Waals surface area (Å²) in [5.74, 6) is 5.72. The zero-order valence-corrected chi connectivity index (χ0v) is 23.3. The average Bonchev–Trinajstić information content (AvgIpc) is 2.80. The van der Waals surface area contributed by atoms with E-state index in [4.69, 9.17) is 0 Å². The van der Waals surface area contributed by atoms with E-state index in [0.717, 1.165) is 35.5 Å². The molecule has 0 saturated heterocycles. The average molecular weight is 580 g/mol. The molecular formula is C32H36Br2. The van der Waals surface area contributed by atoms with Crippen LogP contribution in [0.3, 0.4) is 0 Å². The molecule has 8 saturated carbocycles. The minimum atomic E-state index is 0.117. The van der Waals surface area contributed by atoms with Crippen LogP contribution >= 0.6 is 31.9 Å². The maximum Gasteiger partial charge on any atom is 0.0315 e. The first-order valence-electron chi connectivity index (χ1n) is 14.0. The first-order valence-corrected chi connectivity index (χ1v) is 15.6. The molecule has 2 atom stereocenters. The van der Waals surface area contributed by atoms with Crippen LogP contribution in [0.1, 0.15) is 81.8 Å². The summed E-state index contributed by atoms with van der Waals surface area (Å²) in [6, 6.07) is 18.8. The van der Waals surface area contributed by atoms with E-state index in [1.54, 1.807) is 30.4 Å². The first kappa shape index (κ1) is 21.5. The number of benzene rings is 2. The quantitative estimate of drug-likeness (QED) is 0.339. The highest BCUT2D eigenvalue weighted by Crippen LogP contribution is 2.81. The lowest BCUT2D eigenvalue weighted by Crippen LogP contribution is -2.71. The first-order chi connectivity index (χ1) is 16.5. The summed E-state index contributed by atoms with van der Waals surface area (Å²) < 4.78 is 2.70. The van der Waals surface area contributed by atoms with Crippen molar-refractivity contribution in [1.29, 1.82) is 0 Å². The Labute approximate surface area is 221 Å². The Bertz CT molecular complexity index is 1050. The zero-order chi connectivity index (χ0) is 22.7. The SMILES string of the molecule is Brc1ccccc1C1(c2ccccc2Br)C2CC3CC(C2)CC1(C12CC4CC(CC(C4)C1)C2)C3. The van der Waals surface area contributed by atoms with Gasteiger partial charge in [0.15, 0.2) is 0 Å². The van der Waals surface area contributed by atoms with Gasteiger partial charge in [0.2, 0.25) is 0 Å². The van der Waals surface area contributed by atoms with Gasteiger partial charge in [-0.25, -0.2) is 0 Å². The molecule has 8 bridgehead atoms. The Morgan fingerprint density at radius 3 is 1.38 bits per heavy atom. The van der Waals surface area contributed by atoms with Crippen molar-refractivity contribution >= 4 is 31.9 Å². The van der Waals surface area contributed by atoms with Gasteiger partial charge in [-0.1, -0.05) is 68.3 Å². The van der Waals surface area contributed by atoms with Crippen LogP contribution in [0.25, 0.3) is 0 Å². The predicted octanol–water partition coefficient (Wildman–Crippen LogP) is 9.54. The molecule has 8 fully saturated rings. The van der Waals surface area contributed by atoms with Crippen LogP contribution in [0, 0.1) is 46.3 Å². The highest BCUT2D eigenvalue weighted by Gasteiger charge is 2.74. The van der Waals surface area contributed by atoms with Gasteiger partial charge in [-0.3, -0.25) is 0 Å². The van der Waals surface area contributed by atoms with Gasteiger partial charge >= 0.3 is 0 Å². The summed E-state index contributed by atoms with van der Waals surface area (Å²) in [4.78, 5) is 0. The Kier molecular flexibility index (Phi) is 4.58. The van der Waals surface area contributed by atoms with E-state index in [9.17, 15) is 0 Å². The third-order valence-corrected chi connectivity index (χ3v) is 13.6. The van der Waals surface area contributed by atoms with Crippen LogP contribution < -0.4 is 0 Å². The molecule has 34 heavy (non-hydrogen) atoms. The normalized spacial score (nSPS) is 45.1. The van der Waals surface area contributed by atoms with Crippen LogP contribution in [-0.2, 0) is 5.41 Å². The molecule has 0 amide bonds. The minimum absolute atomic E-state index is 0.117.